The van der Waals surface area contributed by atoms with E-state index in [1.165, 1.54) is 16.9 Å². The number of carbonyl (C=O) groups is 1. The molecule has 1 aliphatic rings. The number of rotatable bonds is 4. The highest BCUT2D eigenvalue weighted by Gasteiger charge is 2.24. The lowest BCUT2D eigenvalue weighted by Crippen LogP contribution is -2.38. The average molecular weight is 368 g/mol. The van der Waals surface area contributed by atoms with Gasteiger partial charge in [0.15, 0.2) is 0 Å². The number of nitrogens with zero attached hydrogens (tertiary/aromatic N) is 3. The molecule has 0 atom stereocenters. The van der Waals surface area contributed by atoms with Crippen LogP contribution in [0, 0.1) is 6.92 Å². The fourth-order valence-corrected chi connectivity index (χ4v) is 4.25. The van der Waals surface area contributed by atoms with Gasteiger partial charge in [-0.1, -0.05) is 18.2 Å². The maximum atomic E-state index is 12.7. The van der Waals surface area contributed by atoms with Crippen LogP contribution in [0.2, 0.25) is 0 Å². The van der Waals surface area contributed by atoms with Gasteiger partial charge in [-0.25, -0.2) is 4.98 Å². The Bertz CT molecular complexity index is 1040. The molecule has 1 amide bonds. The van der Waals surface area contributed by atoms with Crippen molar-refractivity contribution < 1.29 is 4.79 Å². The molecule has 2 aromatic heterocycles. The number of carbonyl (C=O) groups excluding carboxylic acids is 1. The standard InChI is InChI=1S/C19H20N4O2S/c1-12-9-14-18(26-12)19(25)21-16(20-14)10-22(2)11-17(24)23-8-7-13-5-3-4-6-15(13)23/h3-6,9H,7-8,10-11H2,1-2H3,(H,20,21,25). The van der Waals surface area contributed by atoms with Gasteiger partial charge in [-0.15, -0.1) is 11.3 Å². The quantitative estimate of drug-likeness (QED) is 0.767. The summed E-state index contributed by atoms with van der Waals surface area (Å²) in [6.07, 6.45) is 0.897. The number of aryl methyl sites for hydroxylation is 1. The van der Waals surface area contributed by atoms with E-state index in [0.29, 0.717) is 17.1 Å². The molecule has 1 aromatic carbocycles. The molecule has 0 aliphatic carbocycles. The summed E-state index contributed by atoms with van der Waals surface area (Å²) in [5, 5.41) is 0. The van der Waals surface area contributed by atoms with E-state index >= 15 is 0 Å². The van der Waals surface area contributed by atoms with Crippen LogP contribution >= 0.6 is 11.3 Å². The van der Waals surface area contributed by atoms with Gasteiger partial charge in [0, 0.05) is 17.1 Å². The van der Waals surface area contributed by atoms with Crippen molar-refractivity contribution >= 4 is 33.1 Å². The van der Waals surface area contributed by atoms with Crippen molar-refractivity contribution in [1.82, 2.24) is 14.9 Å². The van der Waals surface area contributed by atoms with Crippen molar-refractivity contribution in [1.29, 1.82) is 0 Å². The first-order chi connectivity index (χ1) is 12.5. The number of hydrogen-bond donors (Lipinski definition) is 1. The number of likely N-dealkylation sites (N-methyl/N-ethyl adjacent to an activating group) is 1. The average Bonchev–Trinajstić information content (AvgIpc) is 3.17. The highest BCUT2D eigenvalue weighted by Crippen LogP contribution is 2.27. The second kappa shape index (κ2) is 6.66. The number of benzene rings is 1. The molecule has 0 radical (unpaired) electrons. The van der Waals surface area contributed by atoms with E-state index in [-0.39, 0.29) is 18.0 Å². The summed E-state index contributed by atoms with van der Waals surface area (Å²) >= 11 is 1.45. The van der Waals surface area contributed by atoms with Crippen LogP contribution in [-0.2, 0) is 17.8 Å². The molecule has 1 N–H and O–H groups in total. The lowest BCUT2D eigenvalue weighted by Gasteiger charge is -2.21. The molecule has 0 saturated carbocycles. The Hall–Kier alpha value is -2.51. The summed E-state index contributed by atoms with van der Waals surface area (Å²) in [6, 6.07) is 9.94. The molecule has 0 saturated heterocycles. The zero-order valence-corrected chi connectivity index (χ0v) is 15.6. The van der Waals surface area contributed by atoms with Crippen molar-refractivity contribution in [3.63, 3.8) is 0 Å². The summed E-state index contributed by atoms with van der Waals surface area (Å²) in [4.78, 5) is 37.0. The number of anilines is 1. The summed E-state index contributed by atoms with van der Waals surface area (Å²) in [5.74, 6) is 0.643. The number of amides is 1. The van der Waals surface area contributed by atoms with Crippen LogP contribution in [0.15, 0.2) is 35.1 Å². The third-order valence-corrected chi connectivity index (χ3v) is 5.61. The Balaban J connectivity index is 1.47. The fraction of sp³-hybridized carbons (Fsp3) is 0.316. The van der Waals surface area contributed by atoms with Gasteiger partial charge in [0.05, 0.1) is 18.6 Å². The van der Waals surface area contributed by atoms with Gasteiger partial charge in [-0.2, -0.15) is 0 Å². The predicted molar refractivity (Wildman–Crippen MR) is 104 cm³/mol. The molecule has 0 spiro atoms. The van der Waals surface area contributed by atoms with Crippen LogP contribution in [-0.4, -0.2) is 40.9 Å². The maximum absolute atomic E-state index is 12.7. The lowest BCUT2D eigenvalue weighted by atomic mass is 10.2. The Labute approximate surface area is 155 Å². The molecule has 7 heteroatoms. The third kappa shape index (κ3) is 3.15. The number of aromatic nitrogens is 2. The van der Waals surface area contributed by atoms with Crippen LogP contribution in [0.3, 0.4) is 0 Å². The Morgan fingerprint density at radius 1 is 1.38 bits per heavy atom. The maximum Gasteiger partial charge on any atom is 0.268 e. The van der Waals surface area contributed by atoms with Crippen molar-refractivity contribution in [2.45, 2.75) is 19.9 Å². The van der Waals surface area contributed by atoms with E-state index in [4.69, 9.17) is 0 Å². The number of fused-ring (bicyclic) bond motifs is 2. The zero-order valence-electron chi connectivity index (χ0n) is 14.8. The number of nitrogens with one attached hydrogen (secondary N) is 1. The molecule has 0 fully saturated rings. The molecule has 6 nitrogen and oxygen atoms in total. The van der Waals surface area contributed by atoms with Gasteiger partial charge >= 0.3 is 0 Å². The third-order valence-electron chi connectivity index (χ3n) is 4.57. The molecule has 0 bridgehead atoms. The molecule has 26 heavy (non-hydrogen) atoms. The van der Waals surface area contributed by atoms with Crippen LogP contribution in [0.25, 0.3) is 10.2 Å². The number of thiophene rings is 1. The minimum Gasteiger partial charge on any atom is -0.311 e. The largest absolute Gasteiger partial charge is 0.311 e. The van der Waals surface area contributed by atoms with Crippen LogP contribution in [0.5, 0.6) is 0 Å². The Morgan fingerprint density at radius 3 is 3.04 bits per heavy atom. The summed E-state index contributed by atoms with van der Waals surface area (Å²) in [7, 11) is 1.86. The lowest BCUT2D eigenvalue weighted by molar-refractivity contribution is -0.119. The SMILES string of the molecule is Cc1cc2nc(CN(C)CC(=O)N3CCc4ccccc43)[nH]c(=O)c2s1. The predicted octanol–water partition coefficient (Wildman–Crippen LogP) is 2.31. The molecule has 4 rings (SSSR count). The topological polar surface area (TPSA) is 69.3 Å². The number of para-hydroxylation sites is 1. The second-order valence-corrected chi connectivity index (χ2v) is 7.94. The molecule has 0 unspecified atom stereocenters. The molecular formula is C19H20N4O2S. The van der Waals surface area contributed by atoms with E-state index < -0.39 is 0 Å². The number of aromatic amines is 1. The van der Waals surface area contributed by atoms with E-state index in [2.05, 4.69) is 16.0 Å². The fourth-order valence-electron chi connectivity index (χ4n) is 3.41. The van der Waals surface area contributed by atoms with Crippen LogP contribution in [0.1, 0.15) is 16.3 Å². The van der Waals surface area contributed by atoms with Crippen molar-refractivity contribution in [2.75, 3.05) is 25.0 Å². The van der Waals surface area contributed by atoms with E-state index in [9.17, 15) is 9.59 Å². The summed E-state index contributed by atoms with van der Waals surface area (Å²) < 4.78 is 0.652. The van der Waals surface area contributed by atoms with Crippen LogP contribution < -0.4 is 10.5 Å². The molecular weight excluding hydrogens is 348 g/mol. The highest BCUT2D eigenvalue weighted by atomic mass is 32.1. The monoisotopic (exact) mass is 368 g/mol. The van der Waals surface area contributed by atoms with E-state index in [0.717, 1.165) is 29.0 Å². The van der Waals surface area contributed by atoms with Gasteiger partial charge in [-0.05, 0) is 38.1 Å². The van der Waals surface area contributed by atoms with Gasteiger partial charge in [-0.3, -0.25) is 14.5 Å². The highest BCUT2D eigenvalue weighted by molar-refractivity contribution is 7.18. The number of hydrogen-bond acceptors (Lipinski definition) is 5. The smallest absolute Gasteiger partial charge is 0.268 e. The van der Waals surface area contributed by atoms with Crippen molar-refractivity contribution in [3.8, 4) is 0 Å². The van der Waals surface area contributed by atoms with Gasteiger partial charge < -0.3 is 9.88 Å². The van der Waals surface area contributed by atoms with Gasteiger partial charge in [0.2, 0.25) is 5.91 Å². The van der Waals surface area contributed by atoms with E-state index in [1.54, 1.807) is 0 Å². The second-order valence-electron chi connectivity index (χ2n) is 6.68. The number of H-pyrrole nitrogens is 1. The van der Waals surface area contributed by atoms with Crippen LogP contribution in [0.4, 0.5) is 5.69 Å². The first kappa shape index (κ1) is 16.9. The molecule has 3 heterocycles. The summed E-state index contributed by atoms with van der Waals surface area (Å²) in [6.45, 7) is 3.38. The Kier molecular flexibility index (Phi) is 4.34. The Morgan fingerprint density at radius 2 is 2.19 bits per heavy atom. The normalized spacial score (nSPS) is 13.6. The minimum absolute atomic E-state index is 0.0623. The summed E-state index contributed by atoms with van der Waals surface area (Å²) in [5.41, 5.74) is 2.83. The van der Waals surface area contributed by atoms with Gasteiger partial charge in [0.1, 0.15) is 10.5 Å². The molecule has 1 aliphatic heterocycles. The zero-order chi connectivity index (χ0) is 18.3. The van der Waals surface area contributed by atoms with Gasteiger partial charge in [0.25, 0.3) is 5.56 Å². The molecule has 134 valence electrons. The first-order valence-electron chi connectivity index (χ1n) is 8.57. The minimum atomic E-state index is -0.115. The molecule has 3 aromatic rings. The van der Waals surface area contributed by atoms with Crippen molar-refractivity contribution in [3.05, 3.63) is 57.0 Å². The van der Waals surface area contributed by atoms with Crippen molar-refractivity contribution in [2.24, 2.45) is 0 Å². The first-order valence-corrected chi connectivity index (χ1v) is 9.39. The van der Waals surface area contributed by atoms with E-state index in [1.807, 2.05) is 48.0 Å².